The average molecular weight is 1250 g/mol. The summed E-state index contributed by atoms with van der Waals surface area (Å²) in [5.41, 5.74) is 0. The molecular formula is C78H155N2O6P. The number of aliphatic hydroxyl groups is 1. The van der Waals surface area contributed by atoms with E-state index in [9.17, 15) is 19.4 Å². The molecule has 0 fully saturated rings. The van der Waals surface area contributed by atoms with Crippen LogP contribution in [0.3, 0.4) is 0 Å². The molecule has 3 unspecified atom stereocenters. The summed E-state index contributed by atoms with van der Waals surface area (Å²) in [5.74, 6) is -0.197. The van der Waals surface area contributed by atoms with Crippen LogP contribution in [0.15, 0.2) is 24.3 Å². The number of nitrogens with one attached hydrogen (secondary N) is 1. The van der Waals surface area contributed by atoms with Gasteiger partial charge in [-0.05, 0) is 32.1 Å². The number of carbonyl (C=O) groups excluding carboxylic acids is 1. The first-order valence-corrected chi connectivity index (χ1v) is 40.7. The summed E-state index contributed by atoms with van der Waals surface area (Å²) in [5, 5.41) is 14.0. The molecule has 0 heterocycles. The number of phosphoric acid groups is 1. The highest BCUT2D eigenvalue weighted by Crippen LogP contribution is 2.38. The van der Waals surface area contributed by atoms with E-state index < -0.39 is 20.0 Å². The van der Waals surface area contributed by atoms with Crippen LogP contribution in [-0.4, -0.2) is 68.5 Å². The topological polar surface area (TPSA) is 108 Å². The third kappa shape index (κ3) is 72.3. The molecule has 0 aromatic carbocycles. The van der Waals surface area contributed by atoms with Crippen LogP contribution in [0.1, 0.15) is 418 Å². The number of likely N-dealkylation sites (N-methyl/N-ethyl adjacent to an activating group) is 1. The van der Waals surface area contributed by atoms with Crippen LogP contribution in [0.5, 0.6) is 0 Å². The van der Waals surface area contributed by atoms with E-state index in [2.05, 4.69) is 31.3 Å². The monoisotopic (exact) mass is 1250 g/mol. The number of aliphatic hydroxyl groups excluding tert-OH is 1. The Morgan fingerprint density at radius 3 is 0.931 bits per heavy atom. The zero-order valence-corrected chi connectivity index (χ0v) is 60.4. The van der Waals surface area contributed by atoms with Crippen molar-refractivity contribution in [2.75, 3.05) is 40.9 Å². The molecule has 87 heavy (non-hydrogen) atoms. The molecule has 518 valence electrons. The van der Waals surface area contributed by atoms with Crippen molar-refractivity contribution in [3.05, 3.63) is 24.3 Å². The summed E-state index contributed by atoms with van der Waals surface area (Å²) >= 11 is 0. The lowest BCUT2D eigenvalue weighted by Gasteiger charge is -2.29. The predicted molar refractivity (Wildman–Crippen MR) is 381 cm³/mol. The molecule has 0 aromatic rings. The molecule has 0 rings (SSSR count). The number of unbranched alkanes of at least 4 members (excludes halogenated alkanes) is 59. The summed E-state index contributed by atoms with van der Waals surface area (Å²) in [6.07, 6.45) is 92.2. The van der Waals surface area contributed by atoms with E-state index in [1.165, 1.54) is 360 Å². The lowest BCUT2D eigenvalue weighted by atomic mass is 10.0. The SMILES string of the molecule is CCCCCCCCCCCCCCCCCCCC/C=C/CC/C=C/C(O)C(COP(=O)([O-])OCC[N+](C)(C)C)NC(=O)CCCCCCCCCCCCCCCCCCCCCCCCCCCCCCCCCCCCCCCCCCC. The first-order valence-electron chi connectivity index (χ1n) is 39.2. The maximum absolute atomic E-state index is 13.1. The van der Waals surface area contributed by atoms with Crippen molar-refractivity contribution in [3.63, 3.8) is 0 Å². The van der Waals surface area contributed by atoms with Crippen LogP contribution in [-0.2, 0) is 18.4 Å². The second-order valence-electron chi connectivity index (χ2n) is 28.4. The van der Waals surface area contributed by atoms with Gasteiger partial charge in [0.1, 0.15) is 13.2 Å². The Bertz CT molecular complexity index is 1470. The van der Waals surface area contributed by atoms with Gasteiger partial charge in [-0.25, -0.2) is 0 Å². The van der Waals surface area contributed by atoms with Gasteiger partial charge in [-0.2, -0.15) is 0 Å². The molecule has 2 N–H and O–H groups in total. The average Bonchev–Trinajstić information content (AvgIpc) is 3.70. The molecule has 0 spiro atoms. The number of nitrogens with zero attached hydrogens (tertiary/aromatic N) is 1. The largest absolute Gasteiger partial charge is 0.756 e. The number of amides is 1. The van der Waals surface area contributed by atoms with Crippen LogP contribution in [0.25, 0.3) is 0 Å². The highest BCUT2D eigenvalue weighted by atomic mass is 31.2. The minimum atomic E-state index is -4.61. The van der Waals surface area contributed by atoms with Crippen LogP contribution < -0.4 is 10.2 Å². The van der Waals surface area contributed by atoms with Crippen molar-refractivity contribution < 1.29 is 32.9 Å². The lowest BCUT2D eigenvalue weighted by Crippen LogP contribution is -2.45. The fourth-order valence-corrected chi connectivity index (χ4v) is 13.1. The third-order valence-corrected chi connectivity index (χ3v) is 19.4. The summed E-state index contributed by atoms with van der Waals surface area (Å²) in [7, 11) is 1.27. The molecule has 0 aromatic heterocycles. The molecule has 0 saturated heterocycles. The van der Waals surface area contributed by atoms with E-state index in [4.69, 9.17) is 9.05 Å². The van der Waals surface area contributed by atoms with Crippen molar-refractivity contribution in [2.24, 2.45) is 0 Å². The number of hydrogen-bond donors (Lipinski definition) is 2. The fourth-order valence-electron chi connectivity index (χ4n) is 12.4. The molecule has 8 nitrogen and oxygen atoms in total. The Morgan fingerprint density at radius 1 is 0.391 bits per heavy atom. The first-order chi connectivity index (χ1) is 42.5. The number of allylic oxidation sites excluding steroid dienone is 3. The maximum atomic E-state index is 13.1. The Labute approximate surface area is 545 Å². The molecule has 0 aliphatic rings. The third-order valence-electron chi connectivity index (χ3n) is 18.4. The number of phosphoric ester groups is 1. The molecule has 0 aliphatic heterocycles. The maximum Gasteiger partial charge on any atom is 0.268 e. The molecule has 0 saturated carbocycles. The van der Waals surface area contributed by atoms with Gasteiger partial charge in [0.2, 0.25) is 5.91 Å². The highest BCUT2D eigenvalue weighted by Gasteiger charge is 2.23. The summed E-state index contributed by atoms with van der Waals surface area (Å²) in [4.78, 5) is 25.7. The highest BCUT2D eigenvalue weighted by molar-refractivity contribution is 7.45. The summed E-state index contributed by atoms with van der Waals surface area (Å²) in [6.45, 7) is 4.70. The van der Waals surface area contributed by atoms with E-state index >= 15 is 0 Å². The second kappa shape index (κ2) is 69.3. The van der Waals surface area contributed by atoms with Gasteiger partial charge in [0, 0.05) is 6.42 Å². The van der Waals surface area contributed by atoms with Crippen molar-refractivity contribution >= 4 is 13.7 Å². The molecule has 0 radical (unpaired) electrons. The van der Waals surface area contributed by atoms with Crippen molar-refractivity contribution in [3.8, 4) is 0 Å². The summed E-state index contributed by atoms with van der Waals surface area (Å²) in [6, 6.07) is -0.902. The first kappa shape index (κ1) is 86.0. The molecule has 0 bridgehead atoms. The van der Waals surface area contributed by atoms with Crippen LogP contribution in [0.4, 0.5) is 0 Å². The van der Waals surface area contributed by atoms with Gasteiger partial charge in [-0.1, -0.05) is 404 Å². The quantitative estimate of drug-likeness (QED) is 0.0272. The van der Waals surface area contributed by atoms with Crippen molar-refractivity contribution in [2.45, 2.75) is 431 Å². The van der Waals surface area contributed by atoms with Crippen LogP contribution in [0, 0.1) is 0 Å². The molecular weight excluding hydrogens is 1090 g/mol. The van der Waals surface area contributed by atoms with Gasteiger partial charge >= 0.3 is 0 Å². The Morgan fingerprint density at radius 2 is 0.644 bits per heavy atom. The van der Waals surface area contributed by atoms with E-state index in [0.717, 1.165) is 38.5 Å². The zero-order valence-electron chi connectivity index (χ0n) is 59.5. The zero-order chi connectivity index (χ0) is 63.4. The molecule has 0 aliphatic carbocycles. The van der Waals surface area contributed by atoms with Gasteiger partial charge in [0.15, 0.2) is 0 Å². The van der Waals surface area contributed by atoms with E-state index in [1.54, 1.807) is 6.08 Å². The molecule has 1 amide bonds. The Balaban J connectivity index is 3.90. The number of hydrogen-bond acceptors (Lipinski definition) is 6. The summed E-state index contributed by atoms with van der Waals surface area (Å²) < 4.78 is 23.5. The van der Waals surface area contributed by atoms with E-state index in [-0.39, 0.29) is 19.1 Å². The van der Waals surface area contributed by atoms with Gasteiger partial charge in [0.25, 0.3) is 7.82 Å². The Kier molecular flexibility index (Phi) is 68.5. The Hall–Kier alpha value is -1.02. The lowest BCUT2D eigenvalue weighted by molar-refractivity contribution is -0.870. The predicted octanol–water partition coefficient (Wildman–Crippen LogP) is 24.8. The van der Waals surface area contributed by atoms with E-state index in [1.807, 2.05) is 27.2 Å². The minimum absolute atomic E-state index is 0.00335. The molecule has 3 atom stereocenters. The van der Waals surface area contributed by atoms with Crippen LogP contribution >= 0.6 is 7.82 Å². The van der Waals surface area contributed by atoms with Crippen molar-refractivity contribution in [1.29, 1.82) is 0 Å². The van der Waals surface area contributed by atoms with Gasteiger partial charge in [-0.15, -0.1) is 0 Å². The van der Waals surface area contributed by atoms with Gasteiger partial charge in [0.05, 0.1) is 39.9 Å². The number of quaternary nitrogens is 1. The number of rotatable bonds is 74. The smallest absolute Gasteiger partial charge is 0.268 e. The minimum Gasteiger partial charge on any atom is -0.756 e. The fraction of sp³-hybridized carbons (Fsp3) is 0.936. The number of carbonyl (C=O) groups is 1. The van der Waals surface area contributed by atoms with Crippen LogP contribution in [0.2, 0.25) is 0 Å². The van der Waals surface area contributed by atoms with Gasteiger partial charge < -0.3 is 28.8 Å². The second-order valence-corrected chi connectivity index (χ2v) is 29.8. The van der Waals surface area contributed by atoms with Gasteiger partial charge in [-0.3, -0.25) is 9.36 Å². The van der Waals surface area contributed by atoms with Crippen molar-refractivity contribution in [1.82, 2.24) is 5.32 Å². The normalized spacial score (nSPS) is 13.6. The standard InChI is InChI=1S/C78H155N2O6P/c1-6-8-10-12-14-16-18-20-22-24-26-28-30-32-33-34-35-36-37-38-39-40-41-42-43-44-45-46-47-48-50-52-54-56-58-60-62-64-66-68-70-72-78(82)79-76(75-86-87(83,84)85-74-73-80(3,4)5)77(81)71-69-67-65-63-61-59-57-55-53-51-49-31-29-27-25-23-21-19-17-15-13-11-9-7-2/h61,63,69,71,76-77,81H,6-60,62,64-68,70,72-75H2,1-5H3,(H-,79,82,83,84)/b63-61+,71-69+. The molecule has 9 heteroatoms. The van der Waals surface area contributed by atoms with E-state index in [0.29, 0.717) is 17.4 Å².